The molecule has 2 rings (SSSR count). The highest BCUT2D eigenvalue weighted by Crippen LogP contribution is 2.27. The minimum Gasteiger partial charge on any atom is -0.315 e. The van der Waals surface area contributed by atoms with Gasteiger partial charge >= 0.3 is 0 Å². The maximum Gasteiger partial charge on any atom is 0.0987 e. The second kappa shape index (κ2) is 3.15. The van der Waals surface area contributed by atoms with Crippen molar-refractivity contribution >= 4 is 11.3 Å². The van der Waals surface area contributed by atoms with Crippen molar-refractivity contribution in [1.82, 2.24) is 10.3 Å². The van der Waals surface area contributed by atoms with Crippen LogP contribution in [0.4, 0.5) is 0 Å². The van der Waals surface area contributed by atoms with Crippen LogP contribution in [0.2, 0.25) is 0 Å². The molecule has 1 N–H and O–H groups in total. The number of aromatic nitrogens is 1. The number of hydrogen-bond donors (Lipinski definition) is 1. The van der Waals surface area contributed by atoms with Gasteiger partial charge in [-0.25, -0.2) is 4.98 Å². The first-order chi connectivity index (χ1) is 5.81. The quantitative estimate of drug-likeness (QED) is 0.753. The van der Waals surface area contributed by atoms with Crippen molar-refractivity contribution in [3.8, 4) is 0 Å². The summed E-state index contributed by atoms with van der Waals surface area (Å²) in [7, 11) is 0. The minimum atomic E-state index is 0.703. The Hall–Kier alpha value is -0.410. The van der Waals surface area contributed by atoms with Gasteiger partial charge < -0.3 is 5.32 Å². The largest absolute Gasteiger partial charge is 0.315 e. The van der Waals surface area contributed by atoms with E-state index in [-0.39, 0.29) is 0 Å². The molecule has 2 nitrogen and oxygen atoms in total. The van der Waals surface area contributed by atoms with Crippen molar-refractivity contribution in [2.45, 2.75) is 26.2 Å². The lowest BCUT2D eigenvalue weighted by Crippen LogP contribution is -2.39. The second-order valence-corrected chi connectivity index (χ2v) is 4.50. The summed E-state index contributed by atoms with van der Waals surface area (Å²) in [5.41, 5.74) is 1.29. The molecule has 2 heterocycles. The van der Waals surface area contributed by atoms with Gasteiger partial charge in [0.25, 0.3) is 0 Å². The molecule has 0 atom stereocenters. The number of thiazole rings is 1. The van der Waals surface area contributed by atoms with Crippen LogP contribution in [0, 0.1) is 6.92 Å². The van der Waals surface area contributed by atoms with E-state index in [1.807, 2.05) is 11.3 Å². The summed E-state index contributed by atoms with van der Waals surface area (Å²) in [4.78, 5) is 6.03. The Morgan fingerprint density at radius 2 is 2.33 bits per heavy atom. The second-order valence-electron chi connectivity index (χ2n) is 3.26. The summed E-state index contributed by atoms with van der Waals surface area (Å²) < 4.78 is 0. The molecule has 1 fully saturated rings. The Balaban J connectivity index is 2.21. The van der Waals surface area contributed by atoms with E-state index in [1.165, 1.54) is 15.6 Å². The van der Waals surface area contributed by atoms with E-state index in [0.29, 0.717) is 5.92 Å². The smallest absolute Gasteiger partial charge is 0.0987 e. The van der Waals surface area contributed by atoms with Crippen LogP contribution >= 0.6 is 11.3 Å². The monoisotopic (exact) mass is 182 g/mol. The molecular weight excluding hydrogens is 168 g/mol. The van der Waals surface area contributed by atoms with Crippen LogP contribution in [0.25, 0.3) is 0 Å². The molecule has 0 unspecified atom stereocenters. The molecule has 12 heavy (non-hydrogen) atoms. The van der Waals surface area contributed by atoms with E-state index < -0.39 is 0 Å². The summed E-state index contributed by atoms with van der Waals surface area (Å²) in [6, 6.07) is 0. The molecule has 0 aromatic carbocycles. The predicted molar refractivity (Wildman–Crippen MR) is 51.8 cm³/mol. The van der Waals surface area contributed by atoms with Gasteiger partial charge in [0.05, 0.1) is 10.7 Å². The zero-order chi connectivity index (χ0) is 8.55. The number of nitrogens with zero attached hydrogens (tertiary/aromatic N) is 1. The highest BCUT2D eigenvalue weighted by Gasteiger charge is 2.22. The van der Waals surface area contributed by atoms with Crippen LogP contribution < -0.4 is 5.32 Å². The van der Waals surface area contributed by atoms with Crippen molar-refractivity contribution in [1.29, 1.82) is 0 Å². The molecule has 66 valence electrons. The highest BCUT2D eigenvalue weighted by atomic mass is 32.1. The van der Waals surface area contributed by atoms with Gasteiger partial charge in [-0.2, -0.15) is 0 Å². The van der Waals surface area contributed by atoms with Crippen LogP contribution in [0.15, 0.2) is 0 Å². The van der Waals surface area contributed by atoms with Gasteiger partial charge in [0.2, 0.25) is 0 Å². The lowest BCUT2D eigenvalue weighted by atomic mass is 10.1. The molecule has 0 amide bonds. The Kier molecular flexibility index (Phi) is 2.15. The Bertz CT molecular complexity index is 276. The molecule has 1 aromatic heterocycles. The minimum absolute atomic E-state index is 0.703. The summed E-state index contributed by atoms with van der Waals surface area (Å²) in [5.74, 6) is 0.703. The first kappa shape index (κ1) is 8.20. The molecule has 1 saturated heterocycles. The van der Waals surface area contributed by atoms with E-state index in [1.54, 1.807) is 0 Å². The number of aryl methyl sites for hydroxylation is 2. The van der Waals surface area contributed by atoms with Crippen LogP contribution in [0.3, 0.4) is 0 Å². The molecule has 0 radical (unpaired) electrons. The van der Waals surface area contributed by atoms with E-state index in [4.69, 9.17) is 0 Å². The van der Waals surface area contributed by atoms with Gasteiger partial charge in [0, 0.05) is 23.9 Å². The standard InChI is InChI=1S/C9H14N2S/c1-3-8-6(2)12-9(11-8)7-4-10-5-7/h7,10H,3-5H2,1-2H3. The van der Waals surface area contributed by atoms with Gasteiger partial charge in [0.1, 0.15) is 0 Å². The zero-order valence-corrected chi connectivity index (χ0v) is 8.37. The fraction of sp³-hybridized carbons (Fsp3) is 0.667. The van der Waals surface area contributed by atoms with Gasteiger partial charge in [-0.1, -0.05) is 6.92 Å². The molecule has 0 spiro atoms. The molecule has 3 heteroatoms. The average molecular weight is 182 g/mol. The first-order valence-electron chi connectivity index (χ1n) is 4.48. The molecule has 1 aromatic rings. The summed E-state index contributed by atoms with van der Waals surface area (Å²) in [5, 5.41) is 4.61. The molecular formula is C9H14N2S. The van der Waals surface area contributed by atoms with E-state index in [2.05, 4.69) is 24.1 Å². The maximum absolute atomic E-state index is 4.63. The Morgan fingerprint density at radius 1 is 1.58 bits per heavy atom. The molecule has 1 aliphatic heterocycles. The molecule has 1 aliphatic rings. The van der Waals surface area contributed by atoms with Crippen molar-refractivity contribution < 1.29 is 0 Å². The lowest BCUT2D eigenvalue weighted by Gasteiger charge is -2.24. The fourth-order valence-corrected chi connectivity index (χ4v) is 2.53. The molecule has 0 aliphatic carbocycles. The van der Waals surface area contributed by atoms with Crippen LogP contribution in [-0.4, -0.2) is 18.1 Å². The van der Waals surface area contributed by atoms with Crippen molar-refractivity contribution in [3.63, 3.8) is 0 Å². The van der Waals surface area contributed by atoms with Crippen LogP contribution in [0.1, 0.15) is 28.4 Å². The Labute approximate surface area is 77.0 Å². The average Bonchev–Trinajstić information content (AvgIpc) is 2.27. The molecule has 0 bridgehead atoms. The number of nitrogens with one attached hydrogen (secondary N) is 1. The van der Waals surface area contributed by atoms with Crippen molar-refractivity contribution in [2.75, 3.05) is 13.1 Å². The highest BCUT2D eigenvalue weighted by molar-refractivity contribution is 7.11. The number of hydrogen-bond acceptors (Lipinski definition) is 3. The van der Waals surface area contributed by atoms with Gasteiger partial charge in [-0.15, -0.1) is 11.3 Å². The normalized spacial score (nSPS) is 17.8. The van der Waals surface area contributed by atoms with Gasteiger partial charge in [0.15, 0.2) is 0 Å². The van der Waals surface area contributed by atoms with E-state index in [0.717, 1.165) is 19.5 Å². The third-order valence-corrected chi connectivity index (χ3v) is 3.55. The zero-order valence-electron chi connectivity index (χ0n) is 7.55. The number of rotatable bonds is 2. The first-order valence-corrected chi connectivity index (χ1v) is 5.29. The third-order valence-electron chi connectivity index (χ3n) is 2.37. The Morgan fingerprint density at radius 3 is 2.75 bits per heavy atom. The topological polar surface area (TPSA) is 24.9 Å². The van der Waals surface area contributed by atoms with E-state index in [9.17, 15) is 0 Å². The molecule has 0 saturated carbocycles. The van der Waals surface area contributed by atoms with Crippen molar-refractivity contribution in [3.05, 3.63) is 15.6 Å². The summed E-state index contributed by atoms with van der Waals surface area (Å²) in [6.45, 7) is 6.59. The maximum atomic E-state index is 4.63. The predicted octanol–water partition coefficient (Wildman–Crippen LogP) is 1.70. The third kappa shape index (κ3) is 1.27. The van der Waals surface area contributed by atoms with Crippen LogP contribution in [-0.2, 0) is 6.42 Å². The fourth-order valence-electron chi connectivity index (χ4n) is 1.42. The van der Waals surface area contributed by atoms with E-state index >= 15 is 0 Å². The van der Waals surface area contributed by atoms with Crippen LogP contribution in [0.5, 0.6) is 0 Å². The lowest BCUT2D eigenvalue weighted by molar-refractivity contribution is 0.446. The SMILES string of the molecule is CCc1nc(C2CNC2)sc1C. The van der Waals surface area contributed by atoms with Gasteiger partial charge in [-0.3, -0.25) is 0 Å². The summed E-state index contributed by atoms with van der Waals surface area (Å²) in [6.07, 6.45) is 1.07. The van der Waals surface area contributed by atoms with Gasteiger partial charge in [-0.05, 0) is 13.3 Å². The van der Waals surface area contributed by atoms with Crippen molar-refractivity contribution in [2.24, 2.45) is 0 Å². The summed E-state index contributed by atoms with van der Waals surface area (Å²) >= 11 is 1.87.